The highest BCUT2D eigenvalue weighted by atomic mass is 16.2. The Hall–Kier alpha value is -1.10. The molecule has 0 bridgehead atoms. The van der Waals surface area contributed by atoms with Gasteiger partial charge >= 0.3 is 0 Å². The lowest BCUT2D eigenvalue weighted by Crippen LogP contribution is -2.58. The molecule has 0 radical (unpaired) electrons. The van der Waals surface area contributed by atoms with Gasteiger partial charge in [0.1, 0.15) is 0 Å². The van der Waals surface area contributed by atoms with E-state index in [-0.39, 0.29) is 12.3 Å². The van der Waals surface area contributed by atoms with Gasteiger partial charge in [-0.05, 0) is 32.6 Å². The molecule has 0 aromatic rings. The van der Waals surface area contributed by atoms with Crippen molar-refractivity contribution >= 4 is 11.8 Å². The van der Waals surface area contributed by atoms with E-state index in [2.05, 4.69) is 12.2 Å². The molecule has 0 aliphatic heterocycles. The second kappa shape index (κ2) is 4.64. The van der Waals surface area contributed by atoms with Crippen LogP contribution in [-0.2, 0) is 9.59 Å². The normalized spacial score (nSPS) is 28.4. The van der Waals surface area contributed by atoms with E-state index in [1.165, 1.54) is 0 Å². The van der Waals surface area contributed by atoms with Crippen LogP contribution in [-0.4, -0.2) is 23.9 Å². The molecule has 0 atom stereocenters. The fraction of sp³-hybridized carbons (Fsp3) is 0.833. The Bertz CT molecular complexity index is 320. The Morgan fingerprint density at radius 3 is 2.29 bits per heavy atom. The lowest BCUT2D eigenvalue weighted by Gasteiger charge is -2.45. The number of primary amides is 1. The standard InChI is InChI=1S/C12H23N3O2/c1-8-4-12(5-8,7-13)10(17)15-11(2,3)6-9(14)16/h8H,4-7,13H2,1-3H3,(H2,14,16)(H,15,17). The van der Waals surface area contributed by atoms with Crippen molar-refractivity contribution in [3.8, 4) is 0 Å². The van der Waals surface area contributed by atoms with Crippen LogP contribution in [0.1, 0.15) is 40.0 Å². The third-order valence-electron chi connectivity index (χ3n) is 3.42. The molecule has 0 heterocycles. The number of amides is 2. The van der Waals surface area contributed by atoms with E-state index in [9.17, 15) is 9.59 Å². The van der Waals surface area contributed by atoms with Crippen LogP contribution in [0.25, 0.3) is 0 Å². The third-order valence-corrected chi connectivity index (χ3v) is 3.42. The number of carbonyl (C=O) groups excluding carboxylic acids is 2. The summed E-state index contributed by atoms with van der Waals surface area (Å²) in [7, 11) is 0. The van der Waals surface area contributed by atoms with Crippen LogP contribution in [0.15, 0.2) is 0 Å². The number of nitrogens with one attached hydrogen (secondary N) is 1. The van der Waals surface area contributed by atoms with Gasteiger partial charge in [0.25, 0.3) is 0 Å². The van der Waals surface area contributed by atoms with Crippen LogP contribution in [0.3, 0.4) is 0 Å². The van der Waals surface area contributed by atoms with E-state index in [0.29, 0.717) is 12.5 Å². The molecule has 0 unspecified atom stereocenters. The van der Waals surface area contributed by atoms with Crippen molar-refractivity contribution in [3.63, 3.8) is 0 Å². The smallest absolute Gasteiger partial charge is 0.227 e. The van der Waals surface area contributed by atoms with Gasteiger partial charge in [-0.15, -0.1) is 0 Å². The summed E-state index contributed by atoms with van der Waals surface area (Å²) in [6.45, 7) is 6.05. The molecule has 5 heteroatoms. The molecule has 1 aliphatic rings. The topological polar surface area (TPSA) is 98.2 Å². The Balaban J connectivity index is 2.62. The lowest BCUT2D eigenvalue weighted by atomic mass is 9.62. The van der Waals surface area contributed by atoms with Gasteiger partial charge in [-0.1, -0.05) is 6.92 Å². The summed E-state index contributed by atoms with van der Waals surface area (Å²) in [4.78, 5) is 23.1. The highest BCUT2D eigenvalue weighted by Crippen LogP contribution is 2.45. The van der Waals surface area contributed by atoms with Crippen molar-refractivity contribution in [2.75, 3.05) is 6.54 Å². The molecule has 5 nitrogen and oxygen atoms in total. The molecule has 1 saturated carbocycles. The first-order valence-corrected chi connectivity index (χ1v) is 6.02. The van der Waals surface area contributed by atoms with Crippen LogP contribution in [0.5, 0.6) is 0 Å². The zero-order chi connectivity index (χ0) is 13.3. The largest absolute Gasteiger partial charge is 0.370 e. The molecule has 17 heavy (non-hydrogen) atoms. The van der Waals surface area contributed by atoms with Crippen molar-refractivity contribution in [1.29, 1.82) is 0 Å². The quantitative estimate of drug-likeness (QED) is 0.638. The average molecular weight is 241 g/mol. The average Bonchev–Trinajstić information content (AvgIpc) is 2.08. The van der Waals surface area contributed by atoms with Gasteiger partial charge in [-0.2, -0.15) is 0 Å². The molecule has 0 spiro atoms. The van der Waals surface area contributed by atoms with Crippen molar-refractivity contribution in [2.45, 2.75) is 45.6 Å². The van der Waals surface area contributed by atoms with E-state index in [1.807, 2.05) is 0 Å². The maximum Gasteiger partial charge on any atom is 0.227 e. The third kappa shape index (κ3) is 3.19. The number of carbonyl (C=O) groups is 2. The summed E-state index contributed by atoms with van der Waals surface area (Å²) < 4.78 is 0. The predicted octanol–water partition coefficient (Wildman–Crippen LogP) is 0.132. The molecule has 1 fully saturated rings. The summed E-state index contributed by atoms with van der Waals surface area (Å²) in [6, 6.07) is 0. The van der Waals surface area contributed by atoms with Gasteiger partial charge in [-0.25, -0.2) is 0 Å². The van der Waals surface area contributed by atoms with Gasteiger partial charge in [0, 0.05) is 18.5 Å². The van der Waals surface area contributed by atoms with Crippen LogP contribution in [0.4, 0.5) is 0 Å². The Morgan fingerprint density at radius 1 is 1.41 bits per heavy atom. The Labute approximate surface area is 102 Å². The summed E-state index contributed by atoms with van der Waals surface area (Å²) in [5.41, 5.74) is 9.81. The van der Waals surface area contributed by atoms with Gasteiger partial charge in [-0.3, -0.25) is 9.59 Å². The molecular weight excluding hydrogens is 218 g/mol. The minimum atomic E-state index is -0.607. The predicted molar refractivity (Wildman–Crippen MR) is 65.9 cm³/mol. The molecule has 1 rings (SSSR count). The van der Waals surface area contributed by atoms with E-state index in [0.717, 1.165) is 12.8 Å². The van der Waals surface area contributed by atoms with Gasteiger partial charge in [0.15, 0.2) is 0 Å². The summed E-state index contributed by atoms with van der Waals surface area (Å²) in [5.74, 6) is 0.0759. The maximum atomic E-state index is 12.2. The number of hydrogen-bond donors (Lipinski definition) is 3. The van der Waals surface area contributed by atoms with Crippen LogP contribution < -0.4 is 16.8 Å². The highest BCUT2D eigenvalue weighted by Gasteiger charge is 2.48. The first kappa shape index (κ1) is 14.0. The minimum absolute atomic E-state index is 0.0515. The van der Waals surface area contributed by atoms with E-state index < -0.39 is 16.9 Å². The Morgan fingerprint density at radius 2 is 1.94 bits per heavy atom. The molecule has 98 valence electrons. The Kier molecular flexibility index (Phi) is 3.81. The molecular formula is C12H23N3O2. The minimum Gasteiger partial charge on any atom is -0.370 e. The van der Waals surface area contributed by atoms with Gasteiger partial charge in [0.05, 0.1) is 5.41 Å². The number of hydrogen-bond acceptors (Lipinski definition) is 3. The lowest BCUT2D eigenvalue weighted by molar-refractivity contribution is -0.140. The molecule has 2 amide bonds. The monoisotopic (exact) mass is 241 g/mol. The first-order valence-electron chi connectivity index (χ1n) is 6.02. The second-order valence-corrected chi connectivity index (χ2v) is 5.98. The summed E-state index contributed by atoms with van der Waals surface area (Å²) in [5, 5.41) is 2.88. The number of rotatable bonds is 5. The molecule has 0 aromatic carbocycles. The summed E-state index contributed by atoms with van der Waals surface area (Å²) in [6.07, 6.45) is 1.78. The van der Waals surface area contributed by atoms with Crippen LogP contribution in [0, 0.1) is 11.3 Å². The van der Waals surface area contributed by atoms with E-state index in [1.54, 1.807) is 13.8 Å². The van der Waals surface area contributed by atoms with Crippen molar-refractivity contribution in [1.82, 2.24) is 5.32 Å². The van der Waals surface area contributed by atoms with Crippen molar-refractivity contribution < 1.29 is 9.59 Å². The molecule has 1 aliphatic carbocycles. The highest BCUT2D eigenvalue weighted by molar-refractivity contribution is 5.85. The fourth-order valence-electron chi connectivity index (χ4n) is 2.64. The van der Waals surface area contributed by atoms with E-state index in [4.69, 9.17) is 11.5 Å². The van der Waals surface area contributed by atoms with Crippen molar-refractivity contribution in [2.24, 2.45) is 22.8 Å². The maximum absolute atomic E-state index is 12.2. The SMILES string of the molecule is CC1CC(CN)(C(=O)NC(C)(C)CC(N)=O)C1. The number of nitrogens with two attached hydrogens (primary N) is 2. The second-order valence-electron chi connectivity index (χ2n) is 5.98. The first-order chi connectivity index (χ1) is 7.71. The zero-order valence-electron chi connectivity index (χ0n) is 10.9. The summed E-state index contributed by atoms with van der Waals surface area (Å²) >= 11 is 0. The molecule has 5 N–H and O–H groups in total. The van der Waals surface area contributed by atoms with Gasteiger partial charge < -0.3 is 16.8 Å². The van der Waals surface area contributed by atoms with Crippen molar-refractivity contribution in [3.05, 3.63) is 0 Å². The fourth-order valence-corrected chi connectivity index (χ4v) is 2.64. The molecule has 0 aromatic heterocycles. The van der Waals surface area contributed by atoms with Crippen LogP contribution in [0.2, 0.25) is 0 Å². The zero-order valence-corrected chi connectivity index (χ0v) is 10.9. The molecule has 0 saturated heterocycles. The van der Waals surface area contributed by atoms with Crippen LogP contribution >= 0.6 is 0 Å². The van der Waals surface area contributed by atoms with E-state index >= 15 is 0 Å². The van der Waals surface area contributed by atoms with Gasteiger partial charge in [0.2, 0.25) is 11.8 Å².